The van der Waals surface area contributed by atoms with Crippen LogP contribution in [0.5, 0.6) is 0 Å². The van der Waals surface area contributed by atoms with Crippen molar-refractivity contribution in [3.05, 3.63) is 55.7 Å². The Morgan fingerprint density at radius 3 is 2.40 bits per heavy atom. The summed E-state index contributed by atoms with van der Waals surface area (Å²) >= 11 is 13.4. The van der Waals surface area contributed by atoms with Crippen LogP contribution in [0.4, 0.5) is 0 Å². The SMILES string of the molecule is CC(=NOC(=O)c1c(Cl)cccc1Cl)c1ccc(C)s1. The topological polar surface area (TPSA) is 38.7 Å². The first-order valence-electron chi connectivity index (χ1n) is 5.76. The van der Waals surface area contributed by atoms with Crippen LogP contribution in [-0.4, -0.2) is 11.7 Å². The molecule has 2 aromatic rings. The summed E-state index contributed by atoms with van der Waals surface area (Å²) in [6.45, 7) is 3.77. The fourth-order valence-electron chi connectivity index (χ4n) is 1.52. The molecule has 1 aromatic carbocycles. The summed E-state index contributed by atoms with van der Waals surface area (Å²) in [5.41, 5.74) is 0.745. The molecule has 0 saturated carbocycles. The van der Waals surface area contributed by atoms with Crippen LogP contribution >= 0.6 is 34.5 Å². The van der Waals surface area contributed by atoms with Gasteiger partial charge in [-0.2, -0.15) is 0 Å². The lowest BCUT2D eigenvalue weighted by Gasteiger charge is -2.03. The number of oxime groups is 1. The molecular formula is C14H11Cl2NO2S. The molecule has 0 radical (unpaired) electrons. The monoisotopic (exact) mass is 327 g/mol. The minimum atomic E-state index is -0.673. The fourth-order valence-corrected chi connectivity index (χ4v) is 2.88. The Labute approximate surface area is 130 Å². The van der Waals surface area contributed by atoms with Gasteiger partial charge in [-0.25, -0.2) is 4.79 Å². The number of hydrogen-bond acceptors (Lipinski definition) is 4. The van der Waals surface area contributed by atoms with E-state index < -0.39 is 5.97 Å². The standard InChI is InChI=1S/C14H11Cl2NO2S/c1-8-6-7-12(20-8)9(2)17-19-14(18)13-10(15)4-3-5-11(13)16/h3-7H,1-2H3. The van der Waals surface area contributed by atoms with E-state index in [2.05, 4.69) is 5.16 Å². The first kappa shape index (κ1) is 15.0. The molecular weight excluding hydrogens is 317 g/mol. The van der Waals surface area contributed by atoms with E-state index in [-0.39, 0.29) is 15.6 Å². The Balaban J connectivity index is 2.16. The van der Waals surface area contributed by atoms with E-state index in [4.69, 9.17) is 28.0 Å². The lowest BCUT2D eigenvalue weighted by molar-refractivity contribution is 0.0517. The highest BCUT2D eigenvalue weighted by molar-refractivity contribution is 7.14. The molecule has 0 saturated heterocycles. The van der Waals surface area contributed by atoms with E-state index in [0.29, 0.717) is 5.71 Å². The predicted molar refractivity (Wildman–Crippen MR) is 83.1 cm³/mol. The Morgan fingerprint density at radius 2 is 1.85 bits per heavy atom. The molecule has 0 aliphatic heterocycles. The number of benzene rings is 1. The maximum absolute atomic E-state index is 11.9. The van der Waals surface area contributed by atoms with Crippen molar-refractivity contribution in [2.24, 2.45) is 5.16 Å². The second kappa shape index (κ2) is 6.39. The molecule has 1 aromatic heterocycles. The maximum atomic E-state index is 11.9. The molecule has 2 rings (SSSR count). The summed E-state index contributed by atoms with van der Waals surface area (Å²) in [5, 5.41) is 4.30. The fraction of sp³-hybridized carbons (Fsp3) is 0.143. The van der Waals surface area contributed by atoms with E-state index in [1.165, 1.54) is 0 Å². The molecule has 0 atom stereocenters. The number of hydrogen-bond donors (Lipinski definition) is 0. The van der Waals surface area contributed by atoms with E-state index in [9.17, 15) is 4.79 Å². The third-order valence-corrected chi connectivity index (χ3v) is 4.27. The van der Waals surface area contributed by atoms with Gasteiger partial charge in [0.25, 0.3) is 0 Å². The minimum Gasteiger partial charge on any atom is -0.312 e. The molecule has 0 aliphatic rings. The van der Waals surface area contributed by atoms with Crippen LogP contribution in [0.15, 0.2) is 35.5 Å². The molecule has 0 amide bonds. The van der Waals surface area contributed by atoms with Gasteiger partial charge in [0.05, 0.1) is 26.2 Å². The van der Waals surface area contributed by atoms with Crippen molar-refractivity contribution < 1.29 is 9.63 Å². The van der Waals surface area contributed by atoms with Gasteiger partial charge >= 0.3 is 5.97 Å². The van der Waals surface area contributed by atoms with Crippen molar-refractivity contribution in [3.8, 4) is 0 Å². The third kappa shape index (κ3) is 3.39. The molecule has 0 N–H and O–H groups in total. The number of nitrogens with zero attached hydrogens (tertiary/aromatic N) is 1. The molecule has 0 aliphatic carbocycles. The summed E-state index contributed by atoms with van der Waals surface area (Å²) in [6.07, 6.45) is 0. The average Bonchev–Trinajstić information content (AvgIpc) is 2.82. The van der Waals surface area contributed by atoms with E-state index in [0.717, 1.165) is 9.75 Å². The van der Waals surface area contributed by atoms with Gasteiger partial charge < -0.3 is 4.84 Å². The van der Waals surface area contributed by atoms with Crippen molar-refractivity contribution >= 4 is 46.2 Å². The second-order valence-corrected chi connectivity index (χ2v) is 6.16. The predicted octanol–water partition coefficient (Wildman–Crippen LogP) is 4.94. The molecule has 6 heteroatoms. The van der Waals surface area contributed by atoms with Crippen molar-refractivity contribution in [2.45, 2.75) is 13.8 Å². The number of rotatable bonds is 3. The van der Waals surface area contributed by atoms with Crippen LogP contribution in [0, 0.1) is 6.92 Å². The minimum absolute atomic E-state index is 0.120. The van der Waals surface area contributed by atoms with Crippen LogP contribution in [0.2, 0.25) is 10.0 Å². The highest BCUT2D eigenvalue weighted by atomic mass is 35.5. The van der Waals surface area contributed by atoms with Gasteiger partial charge in [0.2, 0.25) is 0 Å². The smallest absolute Gasteiger partial charge is 0.312 e. The van der Waals surface area contributed by atoms with E-state index in [1.54, 1.807) is 36.5 Å². The molecule has 0 unspecified atom stereocenters. The highest BCUT2D eigenvalue weighted by Crippen LogP contribution is 2.25. The molecule has 0 bridgehead atoms. The highest BCUT2D eigenvalue weighted by Gasteiger charge is 2.16. The number of carbonyl (C=O) groups is 1. The number of aryl methyl sites for hydroxylation is 1. The zero-order valence-corrected chi connectivity index (χ0v) is 13.1. The number of carbonyl (C=O) groups excluding carboxylic acids is 1. The Kier molecular flexibility index (Phi) is 4.81. The summed E-state index contributed by atoms with van der Waals surface area (Å²) in [4.78, 5) is 18.9. The van der Waals surface area contributed by atoms with Gasteiger partial charge in [-0.05, 0) is 38.1 Å². The van der Waals surface area contributed by atoms with Gasteiger partial charge in [0, 0.05) is 4.88 Å². The molecule has 20 heavy (non-hydrogen) atoms. The van der Waals surface area contributed by atoms with Gasteiger partial charge in [-0.3, -0.25) is 0 Å². The van der Waals surface area contributed by atoms with Crippen LogP contribution in [-0.2, 0) is 4.84 Å². The van der Waals surface area contributed by atoms with Gasteiger partial charge in [0.15, 0.2) is 0 Å². The van der Waals surface area contributed by atoms with Crippen LogP contribution in [0.25, 0.3) is 0 Å². The molecule has 1 heterocycles. The quantitative estimate of drug-likeness (QED) is 0.454. The lowest BCUT2D eigenvalue weighted by atomic mass is 10.2. The lowest BCUT2D eigenvalue weighted by Crippen LogP contribution is -2.04. The van der Waals surface area contributed by atoms with Gasteiger partial charge in [-0.15, -0.1) is 11.3 Å². The zero-order valence-electron chi connectivity index (χ0n) is 10.8. The zero-order chi connectivity index (χ0) is 14.7. The Hall–Kier alpha value is -1.36. The van der Waals surface area contributed by atoms with E-state index in [1.807, 2.05) is 19.1 Å². The second-order valence-electron chi connectivity index (χ2n) is 4.06. The van der Waals surface area contributed by atoms with Crippen molar-refractivity contribution in [2.75, 3.05) is 0 Å². The van der Waals surface area contributed by atoms with Crippen LogP contribution < -0.4 is 0 Å². The maximum Gasteiger partial charge on any atom is 0.368 e. The summed E-state index contributed by atoms with van der Waals surface area (Å²) in [5.74, 6) is -0.673. The Bertz CT molecular complexity index is 659. The average molecular weight is 328 g/mol. The van der Waals surface area contributed by atoms with Crippen molar-refractivity contribution in [1.82, 2.24) is 0 Å². The summed E-state index contributed by atoms with van der Waals surface area (Å²) in [7, 11) is 0. The molecule has 0 fully saturated rings. The molecule has 0 spiro atoms. The number of thiophene rings is 1. The van der Waals surface area contributed by atoms with Crippen molar-refractivity contribution in [1.29, 1.82) is 0 Å². The largest absolute Gasteiger partial charge is 0.368 e. The first-order chi connectivity index (χ1) is 9.49. The summed E-state index contributed by atoms with van der Waals surface area (Å²) < 4.78 is 0. The normalized spacial score (nSPS) is 11.5. The van der Waals surface area contributed by atoms with Crippen LogP contribution in [0.3, 0.4) is 0 Å². The van der Waals surface area contributed by atoms with E-state index >= 15 is 0 Å². The van der Waals surface area contributed by atoms with Gasteiger partial charge in [0.1, 0.15) is 0 Å². The number of halogens is 2. The molecule has 3 nitrogen and oxygen atoms in total. The van der Waals surface area contributed by atoms with Crippen LogP contribution in [0.1, 0.15) is 27.0 Å². The van der Waals surface area contributed by atoms with Gasteiger partial charge in [-0.1, -0.05) is 34.4 Å². The first-order valence-corrected chi connectivity index (χ1v) is 7.33. The van der Waals surface area contributed by atoms with Crippen molar-refractivity contribution in [3.63, 3.8) is 0 Å². The molecule has 104 valence electrons. The Morgan fingerprint density at radius 1 is 1.20 bits per heavy atom. The third-order valence-electron chi connectivity index (χ3n) is 2.53. The summed E-state index contributed by atoms with van der Waals surface area (Å²) in [6, 6.07) is 8.71.